The number of nitrogens with one attached hydrogen (secondary N) is 2. The van der Waals surface area contributed by atoms with Crippen molar-refractivity contribution < 1.29 is 4.79 Å². The average molecular weight is 396 g/mol. The standard InChI is InChI=1S/C21H28N6O2/c1-12-10-13(2)26(4)20(28)17(12)21(29)27-9-7-14-16(11-27)24-19(25-18(14)22-3)15-6-5-8-23-15/h10,15,23H,5-9,11H2,1-4H3,(H,22,24,25)/t15-/m0/s1. The molecule has 0 saturated carbocycles. The van der Waals surface area contributed by atoms with Gasteiger partial charge in [-0.1, -0.05) is 0 Å². The van der Waals surface area contributed by atoms with Crippen LogP contribution in [0.15, 0.2) is 10.9 Å². The number of hydrogen-bond donors (Lipinski definition) is 2. The first-order valence-corrected chi connectivity index (χ1v) is 10.2. The second kappa shape index (κ2) is 7.59. The summed E-state index contributed by atoms with van der Waals surface area (Å²) in [6.07, 6.45) is 2.80. The van der Waals surface area contributed by atoms with Crippen molar-refractivity contribution >= 4 is 11.7 Å². The molecule has 0 spiro atoms. The summed E-state index contributed by atoms with van der Waals surface area (Å²) in [6, 6.07) is 2.04. The Morgan fingerprint density at radius 1 is 1.31 bits per heavy atom. The van der Waals surface area contributed by atoms with Crippen LogP contribution < -0.4 is 16.2 Å². The van der Waals surface area contributed by atoms with Crippen molar-refractivity contribution in [1.29, 1.82) is 0 Å². The number of nitrogens with zero attached hydrogens (tertiary/aromatic N) is 4. The second-order valence-electron chi connectivity index (χ2n) is 7.94. The van der Waals surface area contributed by atoms with Crippen LogP contribution in [0.1, 0.15) is 57.6 Å². The Balaban J connectivity index is 1.68. The van der Waals surface area contributed by atoms with Crippen molar-refractivity contribution in [2.24, 2.45) is 7.05 Å². The molecule has 8 nitrogen and oxygen atoms in total. The average Bonchev–Trinajstić information content (AvgIpc) is 3.25. The van der Waals surface area contributed by atoms with E-state index in [1.165, 1.54) is 4.57 Å². The summed E-state index contributed by atoms with van der Waals surface area (Å²) in [5.41, 5.74) is 3.50. The first-order chi connectivity index (χ1) is 13.9. The third-order valence-corrected chi connectivity index (χ3v) is 6.06. The molecule has 29 heavy (non-hydrogen) atoms. The molecule has 1 amide bonds. The van der Waals surface area contributed by atoms with E-state index in [4.69, 9.17) is 9.97 Å². The molecule has 0 aliphatic carbocycles. The molecule has 4 rings (SSSR count). The van der Waals surface area contributed by atoms with Crippen LogP contribution in [-0.4, -0.2) is 45.5 Å². The van der Waals surface area contributed by atoms with Gasteiger partial charge in [-0.05, 0) is 51.3 Å². The number of pyridine rings is 1. The van der Waals surface area contributed by atoms with Crippen LogP contribution in [0, 0.1) is 13.8 Å². The number of carbonyl (C=O) groups excluding carboxylic acids is 1. The van der Waals surface area contributed by atoms with Crippen molar-refractivity contribution in [2.45, 2.75) is 45.7 Å². The Labute approximate surface area is 170 Å². The molecule has 0 unspecified atom stereocenters. The molecule has 2 N–H and O–H groups in total. The summed E-state index contributed by atoms with van der Waals surface area (Å²) >= 11 is 0. The molecule has 1 fully saturated rings. The summed E-state index contributed by atoms with van der Waals surface area (Å²) in [7, 11) is 3.57. The molecule has 1 saturated heterocycles. The fourth-order valence-corrected chi connectivity index (χ4v) is 4.29. The highest BCUT2D eigenvalue weighted by atomic mass is 16.2. The molecule has 0 bridgehead atoms. The zero-order valence-electron chi connectivity index (χ0n) is 17.5. The summed E-state index contributed by atoms with van der Waals surface area (Å²) < 4.78 is 1.53. The lowest BCUT2D eigenvalue weighted by Gasteiger charge is -2.30. The van der Waals surface area contributed by atoms with Crippen molar-refractivity contribution in [3.63, 3.8) is 0 Å². The Kier molecular flexibility index (Phi) is 5.12. The quantitative estimate of drug-likeness (QED) is 0.816. The first-order valence-electron chi connectivity index (χ1n) is 10.2. The van der Waals surface area contributed by atoms with Gasteiger partial charge in [0, 0.05) is 31.9 Å². The van der Waals surface area contributed by atoms with Crippen molar-refractivity contribution in [3.8, 4) is 0 Å². The SMILES string of the molecule is CNc1nc([C@@H]2CCCN2)nc2c1CCN(C(=O)c1c(C)cc(C)n(C)c1=O)C2. The van der Waals surface area contributed by atoms with Gasteiger partial charge in [0.15, 0.2) is 0 Å². The van der Waals surface area contributed by atoms with Gasteiger partial charge in [0.25, 0.3) is 11.5 Å². The predicted molar refractivity (Wildman–Crippen MR) is 111 cm³/mol. The Morgan fingerprint density at radius 3 is 2.79 bits per heavy atom. The molecular formula is C21H28N6O2. The molecule has 2 aliphatic rings. The maximum atomic E-state index is 13.3. The zero-order valence-corrected chi connectivity index (χ0v) is 17.5. The highest BCUT2D eigenvalue weighted by molar-refractivity contribution is 5.95. The van der Waals surface area contributed by atoms with Gasteiger partial charge in [0.1, 0.15) is 17.2 Å². The van der Waals surface area contributed by atoms with Gasteiger partial charge in [0.05, 0.1) is 18.3 Å². The lowest BCUT2D eigenvalue weighted by molar-refractivity contribution is 0.0728. The van der Waals surface area contributed by atoms with Crippen molar-refractivity contribution in [3.05, 3.63) is 50.3 Å². The van der Waals surface area contributed by atoms with E-state index in [1.807, 2.05) is 27.0 Å². The number of aromatic nitrogens is 3. The number of rotatable bonds is 3. The molecule has 4 heterocycles. The van der Waals surface area contributed by atoms with E-state index in [1.54, 1.807) is 11.9 Å². The van der Waals surface area contributed by atoms with Crippen LogP contribution in [0.5, 0.6) is 0 Å². The van der Waals surface area contributed by atoms with Gasteiger partial charge >= 0.3 is 0 Å². The third-order valence-electron chi connectivity index (χ3n) is 6.06. The normalized spacial score (nSPS) is 18.6. The Bertz CT molecular complexity index is 1020. The largest absolute Gasteiger partial charge is 0.373 e. The lowest BCUT2D eigenvalue weighted by Crippen LogP contribution is -2.41. The van der Waals surface area contributed by atoms with E-state index < -0.39 is 0 Å². The zero-order chi connectivity index (χ0) is 20.7. The van der Waals surface area contributed by atoms with Gasteiger partial charge < -0.3 is 20.1 Å². The van der Waals surface area contributed by atoms with E-state index in [0.717, 1.165) is 53.5 Å². The summed E-state index contributed by atoms with van der Waals surface area (Å²) in [6.45, 7) is 5.60. The van der Waals surface area contributed by atoms with Crippen molar-refractivity contribution in [2.75, 3.05) is 25.5 Å². The minimum atomic E-state index is -0.243. The van der Waals surface area contributed by atoms with E-state index in [2.05, 4.69) is 10.6 Å². The minimum absolute atomic E-state index is 0.158. The first kappa shape index (κ1) is 19.6. The second-order valence-corrected chi connectivity index (χ2v) is 7.94. The highest BCUT2D eigenvalue weighted by Crippen LogP contribution is 2.28. The number of carbonyl (C=O) groups is 1. The summed E-state index contributed by atoms with van der Waals surface area (Å²) in [5.74, 6) is 1.40. The van der Waals surface area contributed by atoms with Gasteiger partial charge in [-0.15, -0.1) is 0 Å². The number of aryl methyl sites for hydroxylation is 2. The number of hydrogen-bond acceptors (Lipinski definition) is 6. The minimum Gasteiger partial charge on any atom is -0.373 e. The van der Waals surface area contributed by atoms with E-state index >= 15 is 0 Å². The maximum Gasteiger partial charge on any atom is 0.263 e. The van der Waals surface area contributed by atoms with E-state index in [0.29, 0.717) is 19.5 Å². The van der Waals surface area contributed by atoms with Crippen LogP contribution in [0.4, 0.5) is 5.82 Å². The van der Waals surface area contributed by atoms with Crippen LogP contribution in [-0.2, 0) is 20.0 Å². The fraction of sp³-hybridized carbons (Fsp3) is 0.524. The molecule has 0 radical (unpaired) electrons. The van der Waals surface area contributed by atoms with Gasteiger partial charge in [-0.25, -0.2) is 9.97 Å². The van der Waals surface area contributed by atoms with Gasteiger partial charge in [0.2, 0.25) is 0 Å². The van der Waals surface area contributed by atoms with Crippen LogP contribution in [0.25, 0.3) is 0 Å². The Hall–Kier alpha value is -2.74. The molecular weight excluding hydrogens is 368 g/mol. The number of anilines is 1. The van der Waals surface area contributed by atoms with E-state index in [9.17, 15) is 9.59 Å². The maximum absolute atomic E-state index is 13.3. The van der Waals surface area contributed by atoms with E-state index in [-0.39, 0.29) is 23.1 Å². The monoisotopic (exact) mass is 396 g/mol. The molecule has 8 heteroatoms. The summed E-state index contributed by atoms with van der Waals surface area (Å²) in [5, 5.41) is 6.63. The molecule has 0 aromatic carbocycles. The van der Waals surface area contributed by atoms with Crippen LogP contribution >= 0.6 is 0 Å². The summed E-state index contributed by atoms with van der Waals surface area (Å²) in [4.78, 5) is 37.3. The molecule has 2 aromatic heterocycles. The van der Waals surface area contributed by atoms with Crippen molar-refractivity contribution in [1.82, 2.24) is 24.8 Å². The number of amides is 1. The van der Waals surface area contributed by atoms with Gasteiger partial charge in [-0.3, -0.25) is 9.59 Å². The van der Waals surface area contributed by atoms with Crippen LogP contribution in [0.2, 0.25) is 0 Å². The molecule has 1 atom stereocenters. The molecule has 2 aliphatic heterocycles. The topological polar surface area (TPSA) is 92.2 Å². The van der Waals surface area contributed by atoms with Crippen LogP contribution in [0.3, 0.4) is 0 Å². The molecule has 154 valence electrons. The number of fused-ring (bicyclic) bond motifs is 1. The highest BCUT2D eigenvalue weighted by Gasteiger charge is 2.30. The molecule has 2 aromatic rings. The smallest absolute Gasteiger partial charge is 0.263 e. The third kappa shape index (κ3) is 3.42. The fourth-order valence-electron chi connectivity index (χ4n) is 4.29. The lowest BCUT2D eigenvalue weighted by atomic mass is 10.0. The van der Waals surface area contributed by atoms with Gasteiger partial charge in [-0.2, -0.15) is 0 Å². The predicted octanol–water partition coefficient (Wildman–Crippen LogP) is 1.46. The Morgan fingerprint density at radius 2 is 2.10 bits per heavy atom.